The molecule has 0 aliphatic heterocycles. The molecular weight excluding hydrogens is 268 g/mol. The summed E-state index contributed by atoms with van der Waals surface area (Å²) in [5.74, 6) is 0. The highest BCUT2D eigenvalue weighted by molar-refractivity contribution is 6.15. The topological polar surface area (TPSA) is 20.2 Å². The number of aromatic nitrogens is 2. The average molecular weight is 282 g/mol. The normalized spacial score (nSPS) is 11.6. The Morgan fingerprint density at radius 3 is 2.41 bits per heavy atom. The van der Waals surface area contributed by atoms with Gasteiger partial charge in [-0.05, 0) is 23.8 Å². The highest BCUT2D eigenvalue weighted by Gasteiger charge is 2.17. The fraction of sp³-hybridized carbons (Fsp3) is 0. The fourth-order valence-electron chi connectivity index (χ4n) is 3.43. The van der Waals surface area contributed by atoms with E-state index in [0.717, 1.165) is 0 Å². The van der Waals surface area contributed by atoms with Crippen LogP contribution in [0.5, 0.6) is 0 Å². The van der Waals surface area contributed by atoms with Crippen molar-refractivity contribution in [2.45, 2.75) is 0 Å². The van der Waals surface area contributed by atoms with Crippen molar-refractivity contribution in [1.82, 2.24) is 9.38 Å². The summed E-state index contributed by atoms with van der Waals surface area (Å²) in [6, 6.07) is 25.5. The number of benzene rings is 2. The smallest absolute Gasteiger partial charge is 0.0793 e. The van der Waals surface area contributed by atoms with Gasteiger partial charge in [-0.25, -0.2) is 0 Å². The Bertz CT molecular complexity index is 1110. The molecule has 104 valence electrons. The van der Waals surface area contributed by atoms with Crippen molar-refractivity contribution in [2.24, 2.45) is 0 Å². The Kier molecular flexibility index (Phi) is 2.25. The lowest BCUT2D eigenvalue weighted by Crippen LogP contribution is -1.83. The van der Waals surface area contributed by atoms with Gasteiger partial charge >= 0.3 is 0 Å². The van der Waals surface area contributed by atoms with Crippen molar-refractivity contribution >= 4 is 27.5 Å². The van der Waals surface area contributed by atoms with Gasteiger partial charge in [-0.1, -0.05) is 54.6 Å². The van der Waals surface area contributed by atoms with Crippen molar-refractivity contribution in [3.05, 3.63) is 79.0 Å². The summed E-state index contributed by atoms with van der Waals surface area (Å²) in [7, 11) is 0. The third-order valence-corrected chi connectivity index (χ3v) is 4.35. The molecule has 3 heterocycles. The van der Waals surface area contributed by atoms with Gasteiger partial charge in [-0.15, -0.1) is 0 Å². The zero-order valence-electron chi connectivity index (χ0n) is 12.0. The molecule has 0 amide bonds. The van der Waals surface area contributed by atoms with Crippen LogP contribution in [0.4, 0.5) is 0 Å². The maximum atomic E-state index is 3.61. The van der Waals surface area contributed by atoms with Crippen LogP contribution in [0.15, 0.2) is 79.0 Å². The van der Waals surface area contributed by atoms with Gasteiger partial charge < -0.3 is 9.38 Å². The van der Waals surface area contributed by atoms with E-state index in [2.05, 4.69) is 88.4 Å². The number of aromatic amines is 1. The van der Waals surface area contributed by atoms with Crippen molar-refractivity contribution in [3.63, 3.8) is 0 Å². The van der Waals surface area contributed by atoms with Crippen LogP contribution in [0, 0.1) is 0 Å². The van der Waals surface area contributed by atoms with Gasteiger partial charge in [-0.3, -0.25) is 0 Å². The lowest BCUT2D eigenvalue weighted by Gasteiger charge is -2.01. The van der Waals surface area contributed by atoms with Crippen molar-refractivity contribution in [2.75, 3.05) is 0 Å². The zero-order valence-corrected chi connectivity index (χ0v) is 12.0. The number of hydrogen-bond donors (Lipinski definition) is 1. The van der Waals surface area contributed by atoms with E-state index in [0.29, 0.717) is 0 Å². The SMILES string of the molecule is c1ccc(-c2c3[nH]c4ccccc4c3n3ccccc23)cc1. The second-order valence-electron chi connectivity index (χ2n) is 5.59. The van der Waals surface area contributed by atoms with E-state index in [4.69, 9.17) is 0 Å². The second kappa shape index (κ2) is 4.25. The molecule has 5 aromatic rings. The Balaban J connectivity index is 2.07. The molecule has 5 rings (SSSR count). The fourth-order valence-corrected chi connectivity index (χ4v) is 3.43. The number of rotatable bonds is 1. The molecule has 0 saturated heterocycles. The van der Waals surface area contributed by atoms with Crippen LogP contribution in [0.1, 0.15) is 0 Å². The summed E-state index contributed by atoms with van der Waals surface area (Å²) in [6.45, 7) is 0. The number of para-hydroxylation sites is 1. The van der Waals surface area contributed by atoms with Crippen LogP contribution in [-0.4, -0.2) is 9.38 Å². The standard InChI is InChI=1S/C20H14N2/c1-2-8-14(9-3-1)18-17-12-6-7-13-22(17)20-15-10-4-5-11-16(15)21-19(18)20/h1-13,21H. The van der Waals surface area contributed by atoms with E-state index in [9.17, 15) is 0 Å². The van der Waals surface area contributed by atoms with Crippen LogP contribution in [0.25, 0.3) is 38.6 Å². The number of H-pyrrole nitrogens is 1. The summed E-state index contributed by atoms with van der Waals surface area (Å²) < 4.78 is 2.29. The van der Waals surface area contributed by atoms with Crippen LogP contribution >= 0.6 is 0 Å². The highest BCUT2D eigenvalue weighted by Crippen LogP contribution is 2.38. The highest BCUT2D eigenvalue weighted by atomic mass is 14.9. The van der Waals surface area contributed by atoms with Gasteiger partial charge in [0.05, 0.1) is 16.6 Å². The minimum atomic E-state index is 1.18. The molecule has 0 radical (unpaired) electrons. The van der Waals surface area contributed by atoms with Gasteiger partial charge in [0.15, 0.2) is 0 Å². The quantitative estimate of drug-likeness (QED) is 0.434. The van der Waals surface area contributed by atoms with Crippen LogP contribution < -0.4 is 0 Å². The number of pyridine rings is 1. The van der Waals surface area contributed by atoms with E-state index < -0.39 is 0 Å². The van der Waals surface area contributed by atoms with Crippen molar-refractivity contribution in [3.8, 4) is 11.1 Å². The molecule has 2 heteroatoms. The monoisotopic (exact) mass is 282 g/mol. The Labute approximate surface area is 127 Å². The largest absolute Gasteiger partial charge is 0.353 e. The predicted molar refractivity (Wildman–Crippen MR) is 92.2 cm³/mol. The Morgan fingerprint density at radius 2 is 1.50 bits per heavy atom. The van der Waals surface area contributed by atoms with E-state index >= 15 is 0 Å². The molecular formula is C20H14N2. The van der Waals surface area contributed by atoms with Gasteiger partial charge in [0.25, 0.3) is 0 Å². The molecule has 0 fully saturated rings. The predicted octanol–water partition coefficient (Wildman–Crippen LogP) is 5.24. The number of hydrogen-bond acceptors (Lipinski definition) is 0. The lowest BCUT2D eigenvalue weighted by molar-refractivity contribution is 1.26. The number of nitrogens with one attached hydrogen (secondary N) is 1. The first-order valence-electron chi connectivity index (χ1n) is 7.48. The molecule has 0 spiro atoms. The van der Waals surface area contributed by atoms with E-state index in [1.807, 2.05) is 0 Å². The molecule has 0 atom stereocenters. The van der Waals surface area contributed by atoms with Gasteiger partial charge in [0.2, 0.25) is 0 Å². The summed E-state index contributed by atoms with van der Waals surface area (Å²) in [6.07, 6.45) is 2.14. The third kappa shape index (κ3) is 1.44. The average Bonchev–Trinajstić information content (AvgIpc) is 3.10. The first kappa shape index (κ1) is 11.6. The van der Waals surface area contributed by atoms with Crippen LogP contribution in [-0.2, 0) is 0 Å². The molecule has 0 bridgehead atoms. The first-order chi connectivity index (χ1) is 10.9. The van der Waals surface area contributed by atoms with Gasteiger partial charge in [0, 0.05) is 22.7 Å². The molecule has 3 aromatic heterocycles. The maximum Gasteiger partial charge on any atom is 0.0793 e. The third-order valence-electron chi connectivity index (χ3n) is 4.35. The number of fused-ring (bicyclic) bond motifs is 5. The molecule has 0 saturated carbocycles. The van der Waals surface area contributed by atoms with Crippen molar-refractivity contribution in [1.29, 1.82) is 0 Å². The minimum Gasteiger partial charge on any atom is -0.353 e. The molecule has 0 unspecified atom stereocenters. The van der Waals surface area contributed by atoms with Crippen LogP contribution in [0.2, 0.25) is 0 Å². The summed E-state index contributed by atoms with van der Waals surface area (Å²) in [5.41, 5.74) is 7.40. The zero-order chi connectivity index (χ0) is 14.5. The minimum absolute atomic E-state index is 1.18. The molecule has 0 aliphatic rings. The van der Waals surface area contributed by atoms with E-state index in [-0.39, 0.29) is 0 Å². The molecule has 22 heavy (non-hydrogen) atoms. The van der Waals surface area contributed by atoms with Crippen molar-refractivity contribution < 1.29 is 0 Å². The number of nitrogens with zero attached hydrogens (tertiary/aromatic N) is 1. The Hall–Kier alpha value is -3.00. The molecule has 0 aliphatic carbocycles. The van der Waals surface area contributed by atoms with E-state index in [1.165, 1.54) is 38.6 Å². The van der Waals surface area contributed by atoms with Gasteiger partial charge in [0.1, 0.15) is 0 Å². The van der Waals surface area contributed by atoms with Crippen LogP contribution in [0.3, 0.4) is 0 Å². The summed E-state index contributed by atoms with van der Waals surface area (Å²) >= 11 is 0. The molecule has 2 nitrogen and oxygen atoms in total. The molecule has 1 N–H and O–H groups in total. The first-order valence-corrected chi connectivity index (χ1v) is 7.48. The maximum absolute atomic E-state index is 3.61. The summed E-state index contributed by atoms with van der Waals surface area (Å²) in [4.78, 5) is 3.61. The summed E-state index contributed by atoms with van der Waals surface area (Å²) in [5, 5.41) is 1.26. The molecule has 2 aromatic carbocycles. The second-order valence-corrected chi connectivity index (χ2v) is 5.59. The van der Waals surface area contributed by atoms with E-state index in [1.54, 1.807) is 0 Å². The Morgan fingerprint density at radius 1 is 0.727 bits per heavy atom. The van der Waals surface area contributed by atoms with Gasteiger partial charge in [-0.2, -0.15) is 0 Å². The lowest BCUT2D eigenvalue weighted by atomic mass is 10.1.